The molecule has 1 aliphatic heterocycles. The van der Waals surface area contributed by atoms with E-state index in [-0.39, 0.29) is 5.69 Å². The molecule has 92 valence electrons. The summed E-state index contributed by atoms with van der Waals surface area (Å²) in [7, 11) is 0. The first-order valence-corrected chi connectivity index (χ1v) is 6.03. The monoisotopic (exact) mass is 235 g/mol. The third-order valence-corrected chi connectivity index (χ3v) is 2.91. The third-order valence-electron chi connectivity index (χ3n) is 2.91. The molecule has 0 unspecified atom stereocenters. The lowest BCUT2D eigenvalue weighted by Crippen LogP contribution is -2.22. The lowest BCUT2D eigenvalue weighted by molar-refractivity contribution is 0.258. The first-order valence-electron chi connectivity index (χ1n) is 6.03. The molecule has 2 heterocycles. The van der Waals surface area contributed by atoms with E-state index >= 15 is 0 Å². The molecule has 0 amide bonds. The molecule has 0 aliphatic carbocycles. The summed E-state index contributed by atoms with van der Waals surface area (Å²) in [6.07, 6.45) is 5.17. The Morgan fingerprint density at radius 3 is 3.00 bits per heavy atom. The fourth-order valence-electron chi connectivity index (χ4n) is 2.03. The Morgan fingerprint density at radius 1 is 1.41 bits per heavy atom. The average molecular weight is 235 g/mol. The van der Waals surface area contributed by atoms with Gasteiger partial charge in [0.1, 0.15) is 0 Å². The largest absolute Gasteiger partial charge is 0.476 e. The Morgan fingerprint density at radius 2 is 2.24 bits per heavy atom. The van der Waals surface area contributed by atoms with Gasteiger partial charge in [0, 0.05) is 12.7 Å². The number of pyridine rings is 1. The Balaban J connectivity index is 1.72. The van der Waals surface area contributed by atoms with Crippen molar-refractivity contribution in [1.29, 1.82) is 0 Å². The fraction of sp³-hybridized carbons (Fsp3) is 0.583. The quantitative estimate of drug-likeness (QED) is 0.561. The van der Waals surface area contributed by atoms with Gasteiger partial charge in [0.15, 0.2) is 5.69 Å². The lowest BCUT2D eigenvalue weighted by Gasteiger charge is -2.14. The second-order valence-electron chi connectivity index (χ2n) is 4.17. The van der Waals surface area contributed by atoms with Crippen molar-refractivity contribution in [2.45, 2.75) is 19.3 Å². The topological polar surface area (TPSA) is 54.8 Å². The minimum absolute atomic E-state index is 0.272. The van der Waals surface area contributed by atoms with E-state index < -0.39 is 0 Å². The summed E-state index contributed by atoms with van der Waals surface area (Å²) in [5.74, 6) is 0.337. The highest BCUT2D eigenvalue weighted by Crippen LogP contribution is 2.23. The van der Waals surface area contributed by atoms with Gasteiger partial charge in [-0.1, -0.05) is 0 Å². The minimum atomic E-state index is 0.272. The number of ether oxygens (including phenoxy) is 1. The molecule has 0 atom stereocenters. The first-order chi connectivity index (χ1) is 8.40. The van der Waals surface area contributed by atoms with Crippen molar-refractivity contribution in [3.05, 3.63) is 23.2 Å². The maximum atomic E-state index is 10.5. The van der Waals surface area contributed by atoms with E-state index in [0.29, 0.717) is 12.5 Å². The molecule has 5 nitrogen and oxygen atoms in total. The summed E-state index contributed by atoms with van der Waals surface area (Å²) in [6, 6.07) is 3.28. The van der Waals surface area contributed by atoms with Crippen LogP contribution in [0, 0.1) is 4.91 Å². The molecular formula is C12H17N3O2. The maximum Gasteiger partial charge on any atom is 0.243 e. The number of nitrogens with zero attached hydrogens (tertiary/aromatic N) is 3. The molecule has 1 aromatic rings. The molecule has 0 saturated carbocycles. The molecule has 1 fully saturated rings. The van der Waals surface area contributed by atoms with Crippen molar-refractivity contribution in [2.75, 3.05) is 26.2 Å². The van der Waals surface area contributed by atoms with Crippen molar-refractivity contribution in [1.82, 2.24) is 9.88 Å². The zero-order valence-electron chi connectivity index (χ0n) is 9.84. The summed E-state index contributed by atoms with van der Waals surface area (Å²) < 4.78 is 5.46. The van der Waals surface area contributed by atoms with Crippen LogP contribution < -0.4 is 4.74 Å². The SMILES string of the molecule is O=Nc1cccnc1OCCCN1CCCC1. The number of hydrogen-bond acceptors (Lipinski definition) is 5. The van der Waals surface area contributed by atoms with Crippen LogP contribution in [0.4, 0.5) is 5.69 Å². The summed E-state index contributed by atoms with van der Waals surface area (Å²) in [4.78, 5) is 16.9. The normalized spacial score (nSPS) is 16.0. The van der Waals surface area contributed by atoms with Crippen LogP contribution in [0.1, 0.15) is 19.3 Å². The van der Waals surface area contributed by atoms with Gasteiger partial charge in [-0.2, -0.15) is 0 Å². The second-order valence-corrected chi connectivity index (χ2v) is 4.17. The molecule has 0 spiro atoms. The summed E-state index contributed by atoms with van der Waals surface area (Å²) >= 11 is 0. The molecule has 1 aromatic heterocycles. The van der Waals surface area contributed by atoms with Crippen molar-refractivity contribution in [2.24, 2.45) is 5.18 Å². The maximum absolute atomic E-state index is 10.5. The van der Waals surface area contributed by atoms with Gasteiger partial charge in [-0.05, 0) is 49.7 Å². The van der Waals surface area contributed by atoms with Crippen molar-refractivity contribution >= 4 is 5.69 Å². The minimum Gasteiger partial charge on any atom is -0.476 e. The van der Waals surface area contributed by atoms with Gasteiger partial charge in [0.25, 0.3) is 0 Å². The Hall–Kier alpha value is -1.49. The molecule has 0 radical (unpaired) electrons. The van der Waals surface area contributed by atoms with E-state index in [9.17, 15) is 4.91 Å². The number of likely N-dealkylation sites (tertiary alicyclic amines) is 1. The van der Waals surface area contributed by atoms with E-state index in [1.54, 1.807) is 18.3 Å². The standard InChI is InChI=1S/C12H17N3O2/c16-14-11-5-3-6-13-12(11)17-10-4-9-15-7-1-2-8-15/h3,5-6H,1-2,4,7-10H2. The molecule has 0 bridgehead atoms. The van der Waals surface area contributed by atoms with Gasteiger partial charge < -0.3 is 9.64 Å². The molecule has 1 saturated heterocycles. The fourth-order valence-corrected chi connectivity index (χ4v) is 2.03. The van der Waals surface area contributed by atoms with Crippen LogP contribution in [0.3, 0.4) is 0 Å². The highest BCUT2D eigenvalue weighted by atomic mass is 16.5. The molecule has 5 heteroatoms. The highest BCUT2D eigenvalue weighted by Gasteiger charge is 2.10. The van der Waals surface area contributed by atoms with E-state index in [1.807, 2.05) is 0 Å². The molecule has 0 N–H and O–H groups in total. The molecule has 0 aromatic carbocycles. The summed E-state index contributed by atoms with van der Waals surface area (Å²) in [5, 5.41) is 2.88. The third kappa shape index (κ3) is 3.49. The smallest absolute Gasteiger partial charge is 0.243 e. The number of aromatic nitrogens is 1. The lowest BCUT2D eigenvalue weighted by atomic mass is 10.4. The second kappa shape index (κ2) is 6.30. The van der Waals surface area contributed by atoms with Crippen LogP contribution in [0.5, 0.6) is 5.88 Å². The van der Waals surface area contributed by atoms with Crippen LogP contribution >= 0.6 is 0 Å². The summed E-state index contributed by atoms with van der Waals surface area (Å²) in [5.41, 5.74) is 0.272. The zero-order chi connectivity index (χ0) is 11.9. The molecule has 2 rings (SSSR count). The first kappa shape index (κ1) is 12.0. The van der Waals surface area contributed by atoms with Crippen molar-refractivity contribution < 1.29 is 4.74 Å². The van der Waals surface area contributed by atoms with E-state index in [0.717, 1.165) is 13.0 Å². The van der Waals surface area contributed by atoms with E-state index in [2.05, 4.69) is 15.1 Å². The van der Waals surface area contributed by atoms with Crippen LogP contribution in [0.2, 0.25) is 0 Å². The van der Waals surface area contributed by atoms with Crippen LogP contribution in [0.25, 0.3) is 0 Å². The number of nitroso groups, excluding NO2 is 1. The van der Waals surface area contributed by atoms with Gasteiger partial charge >= 0.3 is 0 Å². The Bertz CT molecular complexity index is 365. The molecule has 17 heavy (non-hydrogen) atoms. The Labute approximate surface area is 101 Å². The zero-order valence-corrected chi connectivity index (χ0v) is 9.84. The van der Waals surface area contributed by atoms with Crippen molar-refractivity contribution in [3.8, 4) is 5.88 Å². The number of rotatable bonds is 6. The van der Waals surface area contributed by atoms with Crippen molar-refractivity contribution in [3.63, 3.8) is 0 Å². The van der Waals surface area contributed by atoms with Crippen LogP contribution in [-0.2, 0) is 0 Å². The van der Waals surface area contributed by atoms with Gasteiger partial charge in [0.2, 0.25) is 5.88 Å². The summed E-state index contributed by atoms with van der Waals surface area (Å²) in [6.45, 7) is 4.03. The van der Waals surface area contributed by atoms with Crippen LogP contribution in [-0.4, -0.2) is 36.1 Å². The van der Waals surface area contributed by atoms with Gasteiger partial charge in [-0.25, -0.2) is 4.98 Å². The predicted molar refractivity (Wildman–Crippen MR) is 65.5 cm³/mol. The van der Waals surface area contributed by atoms with Crippen LogP contribution in [0.15, 0.2) is 23.5 Å². The highest BCUT2D eigenvalue weighted by molar-refractivity contribution is 5.45. The molecular weight excluding hydrogens is 218 g/mol. The van der Waals surface area contributed by atoms with Gasteiger partial charge in [-0.3, -0.25) is 0 Å². The van der Waals surface area contributed by atoms with Gasteiger partial charge in [-0.15, -0.1) is 4.91 Å². The van der Waals surface area contributed by atoms with E-state index in [1.165, 1.54) is 25.9 Å². The molecule has 1 aliphatic rings. The number of hydrogen-bond donors (Lipinski definition) is 0. The predicted octanol–water partition coefficient (Wildman–Crippen LogP) is 2.34. The van der Waals surface area contributed by atoms with Gasteiger partial charge in [0.05, 0.1) is 6.61 Å². The Kier molecular flexibility index (Phi) is 4.44. The average Bonchev–Trinajstić information content (AvgIpc) is 2.88. The van der Waals surface area contributed by atoms with E-state index in [4.69, 9.17) is 4.74 Å².